The molecule has 2 aromatic rings. The molecule has 0 aliphatic heterocycles. The number of hydrogen-bond acceptors (Lipinski definition) is 3. The normalized spacial score (nSPS) is 10.1. The van der Waals surface area contributed by atoms with Crippen molar-refractivity contribution in [1.29, 1.82) is 0 Å². The Labute approximate surface area is 141 Å². The van der Waals surface area contributed by atoms with Gasteiger partial charge in [0.2, 0.25) is 0 Å². The number of aryl methyl sites for hydroxylation is 1. The Bertz CT molecular complexity index is 642. The van der Waals surface area contributed by atoms with Crippen molar-refractivity contribution in [3.05, 3.63) is 53.6 Å². The smallest absolute Gasteiger partial charge is 0.171 e. The second-order valence-electron chi connectivity index (χ2n) is 4.84. The predicted octanol–water partition coefficient (Wildman–Crippen LogP) is 4.21. The van der Waals surface area contributed by atoms with E-state index in [1.807, 2.05) is 25.1 Å². The number of anilines is 1. The fourth-order valence-electron chi connectivity index (χ4n) is 2.00. The Hall–Kier alpha value is -1.72. The second kappa shape index (κ2) is 8.06. The Morgan fingerprint density at radius 2 is 1.91 bits per heavy atom. The van der Waals surface area contributed by atoms with Crippen LogP contribution in [0.1, 0.15) is 11.1 Å². The van der Waals surface area contributed by atoms with Crippen LogP contribution in [-0.4, -0.2) is 18.5 Å². The fourth-order valence-corrected chi connectivity index (χ4v) is 2.59. The first kappa shape index (κ1) is 16.6. The average molecular weight is 332 g/mol. The van der Waals surface area contributed by atoms with Crippen LogP contribution in [0.3, 0.4) is 0 Å². The lowest BCUT2D eigenvalue weighted by Crippen LogP contribution is -2.28. The van der Waals surface area contributed by atoms with Gasteiger partial charge in [0.25, 0.3) is 0 Å². The third-order valence-electron chi connectivity index (χ3n) is 3.29. The van der Waals surface area contributed by atoms with Gasteiger partial charge < -0.3 is 15.4 Å². The van der Waals surface area contributed by atoms with E-state index >= 15 is 0 Å². The molecule has 2 aromatic carbocycles. The molecule has 2 rings (SSSR count). The van der Waals surface area contributed by atoms with Gasteiger partial charge >= 0.3 is 0 Å². The topological polar surface area (TPSA) is 33.3 Å². The first-order valence-electron chi connectivity index (χ1n) is 6.95. The summed E-state index contributed by atoms with van der Waals surface area (Å²) in [6.07, 6.45) is 2.07. The number of hydrogen-bond donors (Lipinski definition) is 2. The highest BCUT2D eigenvalue weighted by Crippen LogP contribution is 2.21. The van der Waals surface area contributed by atoms with E-state index in [9.17, 15) is 0 Å². The number of thioether (sulfide) groups is 1. The zero-order chi connectivity index (χ0) is 15.9. The molecular formula is C17H20N2OS2. The van der Waals surface area contributed by atoms with Gasteiger partial charge in [-0.2, -0.15) is 0 Å². The number of benzene rings is 2. The molecule has 0 aromatic heterocycles. The van der Waals surface area contributed by atoms with E-state index in [2.05, 4.69) is 41.2 Å². The summed E-state index contributed by atoms with van der Waals surface area (Å²) < 4.78 is 5.20. The van der Waals surface area contributed by atoms with Crippen molar-refractivity contribution in [2.24, 2.45) is 0 Å². The number of methoxy groups -OCH3 is 1. The molecule has 22 heavy (non-hydrogen) atoms. The molecule has 0 aliphatic carbocycles. The summed E-state index contributed by atoms with van der Waals surface area (Å²) in [6, 6.07) is 14.3. The van der Waals surface area contributed by atoms with E-state index in [-0.39, 0.29) is 0 Å². The molecule has 0 unspecified atom stereocenters. The summed E-state index contributed by atoms with van der Waals surface area (Å²) in [7, 11) is 1.66. The van der Waals surface area contributed by atoms with Gasteiger partial charge in [0.15, 0.2) is 5.11 Å². The van der Waals surface area contributed by atoms with E-state index in [0.29, 0.717) is 11.7 Å². The quantitative estimate of drug-likeness (QED) is 0.633. The number of nitrogens with one attached hydrogen (secondary N) is 2. The SMILES string of the molecule is COc1ccc(NC(=S)NCc2ccc(SC)cc2)c(C)c1. The molecule has 5 heteroatoms. The lowest BCUT2D eigenvalue weighted by atomic mass is 10.2. The first-order valence-corrected chi connectivity index (χ1v) is 8.58. The summed E-state index contributed by atoms with van der Waals surface area (Å²) >= 11 is 7.09. The minimum absolute atomic E-state index is 0.613. The Kier molecular flexibility index (Phi) is 6.10. The second-order valence-corrected chi connectivity index (χ2v) is 6.12. The maximum atomic E-state index is 5.35. The van der Waals surface area contributed by atoms with E-state index < -0.39 is 0 Å². The maximum absolute atomic E-state index is 5.35. The molecule has 0 fully saturated rings. The Balaban J connectivity index is 1.89. The molecule has 0 saturated heterocycles. The molecule has 0 amide bonds. The zero-order valence-electron chi connectivity index (χ0n) is 13.0. The highest BCUT2D eigenvalue weighted by atomic mass is 32.2. The van der Waals surface area contributed by atoms with Crippen LogP contribution in [0.5, 0.6) is 5.75 Å². The molecule has 0 aliphatic rings. The molecule has 0 spiro atoms. The van der Waals surface area contributed by atoms with Crippen LogP contribution < -0.4 is 15.4 Å². The standard InChI is InChI=1S/C17H20N2OS2/c1-12-10-14(20-2)6-9-16(12)19-17(21)18-11-13-4-7-15(22-3)8-5-13/h4-10H,11H2,1-3H3,(H2,18,19,21). The zero-order valence-corrected chi connectivity index (χ0v) is 14.6. The number of thiocarbonyl (C=S) groups is 1. The van der Waals surface area contributed by atoms with Gasteiger partial charge in [-0.25, -0.2) is 0 Å². The maximum Gasteiger partial charge on any atom is 0.171 e. The van der Waals surface area contributed by atoms with Crippen molar-refractivity contribution >= 4 is 34.8 Å². The van der Waals surface area contributed by atoms with E-state index in [0.717, 1.165) is 17.0 Å². The highest BCUT2D eigenvalue weighted by Gasteiger charge is 2.03. The van der Waals surface area contributed by atoms with E-state index in [1.54, 1.807) is 18.9 Å². The van der Waals surface area contributed by atoms with Crippen LogP contribution in [0.15, 0.2) is 47.4 Å². The van der Waals surface area contributed by atoms with Crippen molar-refractivity contribution in [3.63, 3.8) is 0 Å². The van der Waals surface area contributed by atoms with Crippen LogP contribution in [0.25, 0.3) is 0 Å². The molecule has 0 atom stereocenters. The van der Waals surface area contributed by atoms with Gasteiger partial charge in [0, 0.05) is 17.1 Å². The summed E-state index contributed by atoms with van der Waals surface area (Å²) in [5.74, 6) is 0.843. The van der Waals surface area contributed by atoms with Crippen LogP contribution in [0.2, 0.25) is 0 Å². The lowest BCUT2D eigenvalue weighted by Gasteiger charge is -2.13. The minimum Gasteiger partial charge on any atom is -0.497 e. The van der Waals surface area contributed by atoms with E-state index in [1.165, 1.54) is 10.5 Å². The Morgan fingerprint density at radius 3 is 2.50 bits per heavy atom. The van der Waals surface area contributed by atoms with Gasteiger partial charge in [-0.05, 0) is 66.9 Å². The first-order chi connectivity index (χ1) is 10.6. The van der Waals surface area contributed by atoms with Crippen LogP contribution in [0.4, 0.5) is 5.69 Å². The van der Waals surface area contributed by atoms with Crippen molar-refractivity contribution in [3.8, 4) is 5.75 Å². The number of rotatable bonds is 5. The molecule has 116 valence electrons. The van der Waals surface area contributed by atoms with Gasteiger partial charge in [0.1, 0.15) is 5.75 Å². The lowest BCUT2D eigenvalue weighted by molar-refractivity contribution is 0.414. The van der Waals surface area contributed by atoms with Crippen molar-refractivity contribution in [2.45, 2.75) is 18.4 Å². The third-order valence-corrected chi connectivity index (χ3v) is 4.28. The van der Waals surface area contributed by atoms with Crippen molar-refractivity contribution in [2.75, 3.05) is 18.7 Å². The molecule has 0 radical (unpaired) electrons. The Morgan fingerprint density at radius 1 is 1.18 bits per heavy atom. The number of ether oxygens (including phenoxy) is 1. The van der Waals surface area contributed by atoms with E-state index in [4.69, 9.17) is 17.0 Å². The average Bonchev–Trinajstić information content (AvgIpc) is 2.55. The summed E-state index contributed by atoms with van der Waals surface area (Å²) in [6.45, 7) is 2.73. The molecule has 0 saturated carbocycles. The summed E-state index contributed by atoms with van der Waals surface area (Å²) in [5, 5.41) is 7.05. The molecule has 2 N–H and O–H groups in total. The van der Waals surface area contributed by atoms with Gasteiger partial charge in [0.05, 0.1) is 7.11 Å². The molecule has 0 bridgehead atoms. The van der Waals surface area contributed by atoms with Crippen LogP contribution in [0, 0.1) is 6.92 Å². The third kappa shape index (κ3) is 4.64. The van der Waals surface area contributed by atoms with Crippen molar-refractivity contribution in [1.82, 2.24) is 5.32 Å². The van der Waals surface area contributed by atoms with Crippen LogP contribution in [-0.2, 0) is 6.54 Å². The fraction of sp³-hybridized carbons (Fsp3) is 0.235. The minimum atomic E-state index is 0.613. The molecular weight excluding hydrogens is 312 g/mol. The van der Waals surface area contributed by atoms with Gasteiger partial charge in [-0.3, -0.25) is 0 Å². The summed E-state index contributed by atoms with van der Waals surface area (Å²) in [5.41, 5.74) is 3.28. The van der Waals surface area contributed by atoms with Crippen molar-refractivity contribution < 1.29 is 4.74 Å². The molecule has 0 heterocycles. The summed E-state index contributed by atoms with van der Waals surface area (Å²) in [4.78, 5) is 1.26. The molecule has 3 nitrogen and oxygen atoms in total. The highest BCUT2D eigenvalue weighted by molar-refractivity contribution is 7.98. The monoisotopic (exact) mass is 332 g/mol. The van der Waals surface area contributed by atoms with Gasteiger partial charge in [-0.15, -0.1) is 11.8 Å². The largest absolute Gasteiger partial charge is 0.497 e. The van der Waals surface area contributed by atoms with Crippen LogP contribution >= 0.6 is 24.0 Å². The predicted molar refractivity (Wildman–Crippen MR) is 99.0 cm³/mol. The van der Waals surface area contributed by atoms with Gasteiger partial charge in [-0.1, -0.05) is 12.1 Å².